The van der Waals surface area contributed by atoms with Gasteiger partial charge in [0.2, 0.25) is 5.91 Å². The van der Waals surface area contributed by atoms with Gasteiger partial charge in [-0.25, -0.2) is 0 Å². The first-order valence-electron chi connectivity index (χ1n) is 8.92. The lowest BCUT2D eigenvalue weighted by atomic mass is 9.89. The number of carbonyl (C=O) groups excluding carboxylic acids is 3. The van der Waals surface area contributed by atoms with Crippen LogP contribution in [0.2, 0.25) is 0 Å². The Kier molecular flexibility index (Phi) is 8.90. The van der Waals surface area contributed by atoms with Crippen molar-refractivity contribution in [1.82, 2.24) is 21.5 Å². The summed E-state index contributed by atoms with van der Waals surface area (Å²) in [6.45, 7) is -0.157. The normalized spacial score (nSPS) is 13.9. The van der Waals surface area contributed by atoms with E-state index in [1.807, 2.05) is 0 Å². The van der Waals surface area contributed by atoms with Crippen LogP contribution in [0, 0.1) is 9.49 Å². The molecule has 152 valence electrons. The maximum Gasteiger partial charge on any atom is 0.257 e. The molecule has 1 aromatic rings. The second-order valence-corrected chi connectivity index (χ2v) is 7.93. The van der Waals surface area contributed by atoms with Gasteiger partial charge in [-0.3, -0.25) is 30.6 Å². The largest absolute Gasteiger partial charge is 0.496 e. The van der Waals surface area contributed by atoms with E-state index in [1.54, 1.807) is 25.3 Å². The summed E-state index contributed by atoms with van der Waals surface area (Å²) in [5, 5.41) is 5.04. The van der Waals surface area contributed by atoms with Crippen molar-refractivity contribution in [2.75, 3.05) is 13.7 Å². The van der Waals surface area contributed by atoms with Gasteiger partial charge in [0.1, 0.15) is 5.75 Å². The number of benzene rings is 1. The molecule has 0 atom stereocenters. The third-order valence-electron chi connectivity index (χ3n) is 4.36. The third-order valence-corrected chi connectivity index (χ3v) is 5.40. The average molecular weight is 518 g/mol. The zero-order valence-electron chi connectivity index (χ0n) is 15.5. The highest BCUT2D eigenvalue weighted by Crippen LogP contribution is 2.23. The van der Waals surface area contributed by atoms with Crippen LogP contribution in [-0.4, -0.2) is 36.5 Å². The molecule has 1 aromatic carbocycles. The molecule has 8 nitrogen and oxygen atoms in total. The molecule has 1 saturated carbocycles. The van der Waals surface area contributed by atoms with E-state index < -0.39 is 11.8 Å². The number of hydrogen-bond donors (Lipinski definition) is 4. The Morgan fingerprint density at radius 1 is 1.18 bits per heavy atom. The summed E-state index contributed by atoms with van der Waals surface area (Å²) >= 11 is 7.06. The number of rotatable bonds is 5. The number of hydrazine groups is 1. The predicted octanol–water partition coefficient (Wildman–Crippen LogP) is 1.63. The zero-order valence-corrected chi connectivity index (χ0v) is 18.4. The number of ether oxygens (including phenoxy) is 1. The molecule has 0 radical (unpaired) electrons. The van der Waals surface area contributed by atoms with Crippen LogP contribution in [0.3, 0.4) is 0 Å². The molecule has 0 aromatic heterocycles. The van der Waals surface area contributed by atoms with Crippen molar-refractivity contribution in [1.29, 1.82) is 0 Å². The predicted molar refractivity (Wildman–Crippen MR) is 117 cm³/mol. The van der Waals surface area contributed by atoms with Gasteiger partial charge >= 0.3 is 0 Å². The maximum atomic E-state index is 12.2. The Morgan fingerprint density at radius 3 is 2.54 bits per heavy atom. The van der Waals surface area contributed by atoms with Crippen molar-refractivity contribution in [3.8, 4) is 5.75 Å². The van der Waals surface area contributed by atoms with Crippen LogP contribution in [0.4, 0.5) is 0 Å². The molecule has 0 heterocycles. The van der Waals surface area contributed by atoms with E-state index >= 15 is 0 Å². The van der Waals surface area contributed by atoms with E-state index in [0.717, 1.165) is 35.7 Å². The van der Waals surface area contributed by atoms with Gasteiger partial charge < -0.3 is 10.1 Å². The highest BCUT2D eigenvalue weighted by atomic mass is 127. The third kappa shape index (κ3) is 6.89. The minimum Gasteiger partial charge on any atom is -0.496 e. The first kappa shape index (κ1) is 22.3. The van der Waals surface area contributed by atoms with Gasteiger partial charge in [-0.2, -0.15) is 0 Å². The quantitative estimate of drug-likeness (QED) is 0.268. The fourth-order valence-corrected chi connectivity index (χ4v) is 3.74. The summed E-state index contributed by atoms with van der Waals surface area (Å²) in [4.78, 5) is 36.0. The second kappa shape index (κ2) is 11.1. The number of nitrogens with one attached hydrogen (secondary N) is 4. The first-order valence-corrected chi connectivity index (χ1v) is 10.4. The molecular weight excluding hydrogens is 495 g/mol. The SMILES string of the molecule is COc1ccc(C(=O)NC(=S)NNC(=O)CNC(=O)C2CCCCC2)cc1I. The van der Waals surface area contributed by atoms with Crippen molar-refractivity contribution in [2.24, 2.45) is 5.92 Å². The Labute approximate surface area is 182 Å². The molecule has 0 bridgehead atoms. The Morgan fingerprint density at radius 2 is 1.89 bits per heavy atom. The highest BCUT2D eigenvalue weighted by Gasteiger charge is 2.21. The lowest BCUT2D eigenvalue weighted by Gasteiger charge is -2.20. The monoisotopic (exact) mass is 518 g/mol. The topological polar surface area (TPSA) is 109 Å². The Balaban J connectivity index is 1.71. The number of hydrogen-bond acceptors (Lipinski definition) is 5. The second-order valence-electron chi connectivity index (χ2n) is 6.36. The fraction of sp³-hybridized carbons (Fsp3) is 0.444. The molecule has 28 heavy (non-hydrogen) atoms. The van der Waals surface area contributed by atoms with Gasteiger partial charge in [-0.05, 0) is 65.8 Å². The molecular formula is C18H23IN4O4S. The summed E-state index contributed by atoms with van der Waals surface area (Å²) in [6, 6.07) is 4.96. The zero-order chi connectivity index (χ0) is 20.5. The molecule has 10 heteroatoms. The summed E-state index contributed by atoms with van der Waals surface area (Å²) in [7, 11) is 1.55. The molecule has 4 N–H and O–H groups in total. The number of thiocarbonyl (C=S) groups is 1. The summed E-state index contributed by atoms with van der Waals surface area (Å²) in [5.41, 5.74) is 5.19. The van der Waals surface area contributed by atoms with Crippen LogP contribution in [0.1, 0.15) is 42.5 Å². The van der Waals surface area contributed by atoms with E-state index in [9.17, 15) is 14.4 Å². The van der Waals surface area contributed by atoms with Crippen molar-refractivity contribution in [3.05, 3.63) is 27.3 Å². The fourth-order valence-electron chi connectivity index (χ4n) is 2.86. The molecule has 0 spiro atoms. The van der Waals surface area contributed by atoms with Gasteiger partial charge in [0, 0.05) is 11.5 Å². The molecule has 2 rings (SSSR count). The standard InChI is InChI=1S/C18H23IN4O4S/c1-27-14-8-7-12(9-13(14)19)17(26)21-18(28)23-22-15(24)10-20-16(25)11-5-3-2-4-6-11/h7-9,11H,2-6,10H2,1H3,(H,20,25)(H,22,24)(H2,21,23,26,28). The lowest BCUT2D eigenvalue weighted by Crippen LogP contribution is -2.51. The van der Waals surface area contributed by atoms with Crippen LogP contribution in [-0.2, 0) is 9.59 Å². The van der Waals surface area contributed by atoms with Gasteiger partial charge in [-0.15, -0.1) is 0 Å². The van der Waals surface area contributed by atoms with Crippen LogP contribution >= 0.6 is 34.8 Å². The molecule has 1 aliphatic carbocycles. The summed E-state index contributed by atoms with van der Waals surface area (Å²) < 4.78 is 5.94. The Hall–Kier alpha value is -1.95. The molecule has 3 amide bonds. The number of methoxy groups -OCH3 is 1. The van der Waals surface area contributed by atoms with Gasteiger partial charge in [0.15, 0.2) is 5.11 Å². The van der Waals surface area contributed by atoms with E-state index in [-0.39, 0.29) is 23.5 Å². The van der Waals surface area contributed by atoms with E-state index in [0.29, 0.717) is 11.3 Å². The first-order chi connectivity index (χ1) is 13.4. The molecule has 0 unspecified atom stereocenters. The maximum absolute atomic E-state index is 12.2. The van der Waals surface area contributed by atoms with Gasteiger partial charge in [0.05, 0.1) is 17.2 Å². The van der Waals surface area contributed by atoms with E-state index in [2.05, 4.69) is 44.1 Å². The number of amides is 3. The molecule has 1 fully saturated rings. The van der Waals surface area contributed by atoms with Crippen molar-refractivity contribution in [2.45, 2.75) is 32.1 Å². The van der Waals surface area contributed by atoms with E-state index in [4.69, 9.17) is 17.0 Å². The lowest BCUT2D eigenvalue weighted by molar-refractivity contribution is -0.129. The van der Waals surface area contributed by atoms with E-state index in [1.165, 1.54) is 0 Å². The molecule has 1 aliphatic rings. The average Bonchev–Trinajstić information content (AvgIpc) is 2.70. The van der Waals surface area contributed by atoms with Crippen molar-refractivity contribution in [3.63, 3.8) is 0 Å². The van der Waals surface area contributed by atoms with Crippen LogP contribution in [0.15, 0.2) is 18.2 Å². The van der Waals surface area contributed by atoms with Gasteiger partial charge in [0.25, 0.3) is 11.8 Å². The molecule has 0 saturated heterocycles. The molecule has 0 aliphatic heterocycles. The number of halogens is 1. The van der Waals surface area contributed by atoms with Gasteiger partial charge in [-0.1, -0.05) is 19.3 Å². The smallest absolute Gasteiger partial charge is 0.257 e. The van der Waals surface area contributed by atoms with Crippen LogP contribution in [0.5, 0.6) is 5.75 Å². The van der Waals surface area contributed by atoms with Crippen LogP contribution < -0.4 is 26.2 Å². The summed E-state index contributed by atoms with van der Waals surface area (Å²) in [5.74, 6) is -0.319. The van der Waals surface area contributed by atoms with Crippen LogP contribution in [0.25, 0.3) is 0 Å². The Bertz CT molecular complexity index is 753. The minimum atomic E-state index is -0.459. The minimum absolute atomic E-state index is 0.0119. The van der Waals surface area contributed by atoms with Crippen molar-refractivity contribution < 1.29 is 19.1 Å². The number of carbonyl (C=O) groups is 3. The highest BCUT2D eigenvalue weighted by molar-refractivity contribution is 14.1. The van der Waals surface area contributed by atoms with Crippen molar-refractivity contribution >= 4 is 57.6 Å². The summed E-state index contributed by atoms with van der Waals surface area (Å²) in [6.07, 6.45) is 4.99.